The third-order valence-corrected chi connectivity index (χ3v) is 2.51. The van der Waals surface area contributed by atoms with Gasteiger partial charge in [0, 0.05) is 11.9 Å². The zero-order chi connectivity index (χ0) is 12.4. The number of imidazole rings is 1. The summed E-state index contributed by atoms with van der Waals surface area (Å²) in [7, 11) is 1.51. The Labute approximate surface area is 98.3 Å². The van der Waals surface area contributed by atoms with Crippen molar-refractivity contribution in [3.05, 3.63) is 42.0 Å². The van der Waals surface area contributed by atoms with Crippen molar-refractivity contribution in [2.24, 2.45) is 0 Å². The van der Waals surface area contributed by atoms with Crippen molar-refractivity contribution in [3.8, 4) is 11.4 Å². The first kappa shape index (κ1) is 11.2. The highest BCUT2D eigenvalue weighted by atomic mass is 16.5. The Bertz CT molecular complexity index is 561. The highest BCUT2D eigenvalue weighted by Crippen LogP contribution is 2.25. The van der Waals surface area contributed by atoms with Crippen molar-refractivity contribution in [2.45, 2.75) is 6.92 Å². The molecular weight excluding hydrogens is 220 g/mol. The van der Waals surface area contributed by atoms with E-state index in [1.54, 1.807) is 24.7 Å². The van der Waals surface area contributed by atoms with Crippen LogP contribution in [-0.2, 0) is 0 Å². The Morgan fingerprint density at radius 1 is 1.47 bits per heavy atom. The van der Waals surface area contributed by atoms with Crippen molar-refractivity contribution >= 4 is 5.97 Å². The van der Waals surface area contributed by atoms with Crippen LogP contribution in [0.3, 0.4) is 0 Å². The molecule has 2 aromatic rings. The lowest BCUT2D eigenvalue weighted by atomic mass is 10.2. The Balaban J connectivity index is 2.56. The number of carbonyl (C=O) groups is 1. The lowest BCUT2D eigenvalue weighted by Crippen LogP contribution is -2.02. The minimum atomic E-state index is -0.975. The van der Waals surface area contributed by atoms with Gasteiger partial charge in [0.05, 0.1) is 24.7 Å². The fourth-order valence-electron chi connectivity index (χ4n) is 1.62. The maximum atomic E-state index is 10.9. The van der Waals surface area contributed by atoms with E-state index in [-0.39, 0.29) is 5.56 Å². The predicted octanol–water partition coefficient (Wildman–Crippen LogP) is 1.89. The van der Waals surface area contributed by atoms with E-state index < -0.39 is 5.97 Å². The number of methoxy groups -OCH3 is 1. The number of hydrogen-bond acceptors (Lipinski definition) is 3. The van der Waals surface area contributed by atoms with Crippen LogP contribution in [0.1, 0.15) is 16.1 Å². The van der Waals surface area contributed by atoms with Crippen LogP contribution in [0.25, 0.3) is 5.69 Å². The van der Waals surface area contributed by atoms with E-state index >= 15 is 0 Å². The number of nitrogens with zero attached hydrogens (tertiary/aromatic N) is 2. The average Bonchev–Trinajstić information content (AvgIpc) is 2.74. The lowest BCUT2D eigenvalue weighted by Gasteiger charge is -2.11. The monoisotopic (exact) mass is 232 g/mol. The first-order valence-corrected chi connectivity index (χ1v) is 5.04. The second-order valence-corrected chi connectivity index (χ2v) is 3.60. The maximum Gasteiger partial charge on any atom is 0.335 e. The number of ether oxygens (including phenoxy) is 1. The first-order chi connectivity index (χ1) is 8.13. The summed E-state index contributed by atoms with van der Waals surface area (Å²) in [6, 6.07) is 4.74. The molecule has 0 aliphatic rings. The molecule has 0 saturated carbocycles. The summed E-state index contributed by atoms with van der Waals surface area (Å²) in [4.78, 5) is 14.9. The molecule has 88 valence electrons. The summed E-state index contributed by atoms with van der Waals surface area (Å²) in [6.07, 6.45) is 3.39. The van der Waals surface area contributed by atoms with Crippen LogP contribution >= 0.6 is 0 Å². The van der Waals surface area contributed by atoms with Crippen LogP contribution in [0.2, 0.25) is 0 Å². The SMILES string of the molecule is COc1cc(C(=O)O)ccc1-n1cncc1C. The van der Waals surface area contributed by atoms with Gasteiger partial charge in [0.1, 0.15) is 5.75 Å². The van der Waals surface area contributed by atoms with E-state index in [9.17, 15) is 4.79 Å². The fourth-order valence-corrected chi connectivity index (χ4v) is 1.62. The standard InChI is InChI=1S/C12H12N2O3/c1-8-6-13-7-14(8)10-4-3-9(12(15)16)5-11(10)17-2/h3-7H,1-2H3,(H,15,16). The minimum absolute atomic E-state index is 0.198. The smallest absolute Gasteiger partial charge is 0.335 e. The summed E-state index contributed by atoms with van der Waals surface area (Å²) < 4.78 is 7.04. The van der Waals surface area contributed by atoms with Crippen molar-refractivity contribution in [2.75, 3.05) is 7.11 Å². The van der Waals surface area contributed by atoms with Gasteiger partial charge in [0.2, 0.25) is 0 Å². The van der Waals surface area contributed by atoms with Crippen molar-refractivity contribution in [1.82, 2.24) is 9.55 Å². The Morgan fingerprint density at radius 3 is 2.76 bits per heavy atom. The molecule has 0 spiro atoms. The second kappa shape index (κ2) is 4.29. The van der Waals surface area contributed by atoms with Crippen molar-refractivity contribution in [3.63, 3.8) is 0 Å². The Kier molecular flexibility index (Phi) is 2.82. The fraction of sp³-hybridized carbons (Fsp3) is 0.167. The molecule has 2 rings (SSSR count). The molecule has 5 nitrogen and oxygen atoms in total. The van der Waals surface area contributed by atoms with Crippen molar-refractivity contribution in [1.29, 1.82) is 0 Å². The molecule has 0 atom stereocenters. The van der Waals surface area contributed by atoms with Crippen LogP contribution in [0, 0.1) is 6.92 Å². The molecule has 17 heavy (non-hydrogen) atoms. The van der Waals surface area contributed by atoms with E-state index in [0.717, 1.165) is 11.4 Å². The number of aromatic nitrogens is 2. The number of rotatable bonds is 3. The number of carboxylic acid groups (broad SMARTS) is 1. The second-order valence-electron chi connectivity index (χ2n) is 3.60. The Morgan fingerprint density at radius 2 is 2.24 bits per heavy atom. The van der Waals surface area contributed by atoms with Crippen LogP contribution in [0.5, 0.6) is 5.75 Å². The molecule has 1 heterocycles. The van der Waals surface area contributed by atoms with Gasteiger partial charge in [-0.1, -0.05) is 0 Å². The van der Waals surface area contributed by atoms with E-state index in [1.165, 1.54) is 13.2 Å². The molecule has 0 unspecified atom stereocenters. The van der Waals surface area contributed by atoms with Crippen LogP contribution < -0.4 is 4.74 Å². The Hall–Kier alpha value is -2.30. The number of aryl methyl sites for hydroxylation is 1. The zero-order valence-electron chi connectivity index (χ0n) is 9.54. The molecule has 0 fully saturated rings. The molecule has 0 bridgehead atoms. The van der Waals surface area contributed by atoms with E-state index in [4.69, 9.17) is 9.84 Å². The molecule has 0 aliphatic carbocycles. The van der Waals surface area contributed by atoms with E-state index in [2.05, 4.69) is 4.98 Å². The molecule has 0 amide bonds. The average molecular weight is 232 g/mol. The molecular formula is C12H12N2O3. The number of aromatic carboxylic acids is 1. The highest BCUT2D eigenvalue weighted by Gasteiger charge is 2.11. The largest absolute Gasteiger partial charge is 0.495 e. The van der Waals surface area contributed by atoms with Gasteiger partial charge in [0.15, 0.2) is 0 Å². The third-order valence-electron chi connectivity index (χ3n) is 2.51. The van der Waals surface area contributed by atoms with Gasteiger partial charge in [-0.25, -0.2) is 9.78 Å². The van der Waals surface area contributed by atoms with E-state index in [0.29, 0.717) is 5.75 Å². The topological polar surface area (TPSA) is 64.3 Å². The summed E-state index contributed by atoms with van der Waals surface area (Å²) in [6.45, 7) is 1.91. The lowest BCUT2D eigenvalue weighted by molar-refractivity contribution is 0.0696. The summed E-state index contributed by atoms with van der Waals surface area (Å²) in [5.41, 5.74) is 1.92. The van der Waals surface area contributed by atoms with Crippen LogP contribution in [0.15, 0.2) is 30.7 Å². The third kappa shape index (κ3) is 1.99. The molecule has 0 radical (unpaired) electrons. The number of hydrogen-bond donors (Lipinski definition) is 1. The summed E-state index contributed by atoms with van der Waals surface area (Å²) >= 11 is 0. The summed E-state index contributed by atoms with van der Waals surface area (Å²) in [5.74, 6) is -0.469. The van der Waals surface area contributed by atoms with Crippen LogP contribution in [0.4, 0.5) is 0 Å². The zero-order valence-corrected chi connectivity index (χ0v) is 9.54. The minimum Gasteiger partial charge on any atom is -0.495 e. The quantitative estimate of drug-likeness (QED) is 0.877. The van der Waals surface area contributed by atoms with Gasteiger partial charge in [-0.05, 0) is 25.1 Å². The molecule has 1 N–H and O–H groups in total. The van der Waals surface area contributed by atoms with Gasteiger partial charge >= 0.3 is 5.97 Å². The number of carboxylic acids is 1. The van der Waals surface area contributed by atoms with Gasteiger partial charge in [0.25, 0.3) is 0 Å². The predicted molar refractivity (Wildman–Crippen MR) is 61.8 cm³/mol. The maximum absolute atomic E-state index is 10.9. The van der Waals surface area contributed by atoms with Gasteiger partial charge in [-0.2, -0.15) is 0 Å². The van der Waals surface area contributed by atoms with E-state index in [1.807, 2.05) is 11.5 Å². The molecule has 0 saturated heterocycles. The van der Waals surface area contributed by atoms with Gasteiger partial charge in [-0.15, -0.1) is 0 Å². The molecule has 0 aliphatic heterocycles. The summed E-state index contributed by atoms with van der Waals surface area (Å²) in [5, 5.41) is 8.91. The molecule has 5 heteroatoms. The molecule has 1 aromatic carbocycles. The van der Waals surface area contributed by atoms with Gasteiger partial charge in [-0.3, -0.25) is 4.57 Å². The number of benzene rings is 1. The molecule has 1 aromatic heterocycles. The first-order valence-electron chi connectivity index (χ1n) is 5.04. The highest BCUT2D eigenvalue weighted by molar-refractivity contribution is 5.88. The van der Waals surface area contributed by atoms with Crippen molar-refractivity contribution < 1.29 is 14.6 Å². The van der Waals surface area contributed by atoms with Crippen LogP contribution in [-0.4, -0.2) is 27.7 Å². The normalized spacial score (nSPS) is 10.2. The van der Waals surface area contributed by atoms with Gasteiger partial charge < -0.3 is 9.84 Å².